The summed E-state index contributed by atoms with van der Waals surface area (Å²) in [7, 11) is 0. The van der Waals surface area contributed by atoms with E-state index >= 15 is 0 Å². The Bertz CT molecular complexity index is 363. The minimum absolute atomic E-state index is 0.254. The van der Waals surface area contributed by atoms with Crippen molar-refractivity contribution in [1.29, 1.82) is 0 Å². The molecule has 0 aromatic heterocycles. The van der Waals surface area contributed by atoms with Gasteiger partial charge in [0.25, 0.3) is 0 Å². The van der Waals surface area contributed by atoms with Crippen molar-refractivity contribution in [3.63, 3.8) is 0 Å². The van der Waals surface area contributed by atoms with E-state index < -0.39 is 11.7 Å². The number of benzene rings is 1. The molecular weight excluding hydrogens is 185 g/mol. The fourth-order valence-electron chi connectivity index (χ4n) is 1.22. The molecule has 0 saturated heterocycles. The van der Waals surface area contributed by atoms with Crippen molar-refractivity contribution < 1.29 is 14.0 Å². The molecule has 0 bridgehead atoms. The van der Waals surface area contributed by atoms with Crippen LogP contribution in [0.5, 0.6) is 0 Å². The molecule has 74 valence electrons. The molecule has 0 saturated carbocycles. The Hall–Kier alpha value is -1.71. The van der Waals surface area contributed by atoms with E-state index in [1.165, 1.54) is 18.2 Å². The van der Waals surface area contributed by atoms with Crippen LogP contribution in [0.25, 0.3) is 0 Å². The summed E-state index contributed by atoms with van der Waals surface area (Å²) >= 11 is 0. The topological polar surface area (TPSA) is 60.2 Å². The number of aldehydes is 1. The fraction of sp³-hybridized carbons (Fsp3) is 0.200. The first kappa shape index (κ1) is 10.4. The van der Waals surface area contributed by atoms with Crippen molar-refractivity contribution >= 4 is 12.2 Å². The summed E-state index contributed by atoms with van der Waals surface area (Å²) in [5.74, 6) is -1.04. The van der Waals surface area contributed by atoms with E-state index in [-0.39, 0.29) is 12.0 Å². The van der Waals surface area contributed by atoms with Crippen LogP contribution in [0.15, 0.2) is 18.2 Å². The molecule has 1 amide bonds. The zero-order chi connectivity index (χ0) is 10.6. The van der Waals surface area contributed by atoms with Gasteiger partial charge in [-0.15, -0.1) is 0 Å². The third-order valence-electron chi connectivity index (χ3n) is 1.86. The molecule has 0 spiro atoms. The highest BCUT2D eigenvalue weighted by Gasteiger charge is 2.08. The quantitative estimate of drug-likeness (QED) is 0.730. The first-order chi connectivity index (χ1) is 6.65. The van der Waals surface area contributed by atoms with Crippen LogP contribution >= 0.6 is 0 Å². The smallest absolute Gasteiger partial charge is 0.248 e. The number of hydrogen-bond acceptors (Lipinski definition) is 2. The maximum absolute atomic E-state index is 12.8. The molecule has 1 aromatic rings. The number of primary amides is 1. The first-order valence-corrected chi connectivity index (χ1v) is 4.17. The maximum atomic E-state index is 12.8. The third-order valence-corrected chi connectivity index (χ3v) is 1.86. The number of halogens is 1. The second-order valence-corrected chi connectivity index (χ2v) is 2.87. The van der Waals surface area contributed by atoms with Gasteiger partial charge in [-0.1, -0.05) is 0 Å². The monoisotopic (exact) mass is 195 g/mol. The van der Waals surface area contributed by atoms with Crippen molar-refractivity contribution in [2.24, 2.45) is 5.73 Å². The van der Waals surface area contributed by atoms with Gasteiger partial charge in [0.05, 0.1) is 0 Å². The summed E-state index contributed by atoms with van der Waals surface area (Å²) in [5, 5.41) is 0. The van der Waals surface area contributed by atoms with Gasteiger partial charge in [-0.2, -0.15) is 0 Å². The molecule has 1 aromatic carbocycles. The van der Waals surface area contributed by atoms with Crippen LogP contribution in [0.1, 0.15) is 22.3 Å². The highest BCUT2D eigenvalue weighted by Crippen LogP contribution is 2.12. The van der Waals surface area contributed by atoms with Crippen LogP contribution in [0, 0.1) is 5.82 Å². The van der Waals surface area contributed by atoms with Crippen molar-refractivity contribution in [1.82, 2.24) is 0 Å². The Morgan fingerprint density at radius 3 is 2.79 bits per heavy atom. The summed E-state index contributed by atoms with van der Waals surface area (Å²) in [6, 6.07) is 3.73. The normalized spacial score (nSPS) is 9.79. The van der Waals surface area contributed by atoms with Crippen molar-refractivity contribution in [2.45, 2.75) is 12.8 Å². The molecule has 0 unspecified atom stereocenters. The molecule has 14 heavy (non-hydrogen) atoms. The summed E-state index contributed by atoms with van der Waals surface area (Å²) in [6.07, 6.45) is 1.30. The van der Waals surface area contributed by atoms with Crippen molar-refractivity contribution in [3.8, 4) is 0 Å². The molecule has 0 aliphatic carbocycles. The largest absolute Gasteiger partial charge is 0.366 e. The van der Waals surface area contributed by atoms with Gasteiger partial charge in [0.15, 0.2) is 0 Å². The zero-order valence-electron chi connectivity index (χ0n) is 7.50. The van der Waals surface area contributed by atoms with Gasteiger partial charge < -0.3 is 10.5 Å². The number of amides is 1. The highest BCUT2D eigenvalue weighted by molar-refractivity contribution is 5.94. The van der Waals surface area contributed by atoms with Gasteiger partial charge in [0.2, 0.25) is 5.91 Å². The molecule has 0 fully saturated rings. The van der Waals surface area contributed by atoms with Crippen molar-refractivity contribution in [3.05, 3.63) is 35.1 Å². The van der Waals surface area contributed by atoms with E-state index in [2.05, 4.69) is 0 Å². The van der Waals surface area contributed by atoms with Crippen LogP contribution in [0.2, 0.25) is 0 Å². The minimum Gasteiger partial charge on any atom is -0.366 e. The molecule has 0 aliphatic rings. The Balaban J connectivity index is 3.02. The number of carbonyl (C=O) groups excluding carboxylic acids is 2. The standard InChI is InChI=1S/C10H10FNO2/c11-8-3-4-9(10(12)14)7(6-8)2-1-5-13/h3-6H,1-2H2,(H2,12,14). The number of aryl methyl sites for hydroxylation is 1. The van der Waals surface area contributed by atoms with E-state index in [1.807, 2.05) is 0 Å². The lowest BCUT2D eigenvalue weighted by atomic mass is 10.0. The van der Waals surface area contributed by atoms with Gasteiger partial charge in [-0.3, -0.25) is 4.79 Å². The maximum Gasteiger partial charge on any atom is 0.248 e. The molecule has 0 radical (unpaired) electrons. The molecule has 0 aliphatic heterocycles. The second kappa shape index (κ2) is 4.50. The minimum atomic E-state index is -0.606. The third kappa shape index (κ3) is 2.39. The van der Waals surface area contributed by atoms with E-state index in [4.69, 9.17) is 5.73 Å². The van der Waals surface area contributed by atoms with Crippen LogP contribution in [-0.4, -0.2) is 12.2 Å². The molecule has 1 rings (SSSR count). The lowest BCUT2D eigenvalue weighted by Crippen LogP contribution is -2.14. The fourth-order valence-corrected chi connectivity index (χ4v) is 1.22. The highest BCUT2D eigenvalue weighted by atomic mass is 19.1. The zero-order valence-corrected chi connectivity index (χ0v) is 7.50. The van der Waals surface area contributed by atoms with Crippen LogP contribution in [-0.2, 0) is 11.2 Å². The Morgan fingerprint density at radius 1 is 1.50 bits per heavy atom. The number of rotatable bonds is 4. The lowest BCUT2D eigenvalue weighted by Gasteiger charge is -2.04. The van der Waals surface area contributed by atoms with Gasteiger partial charge in [-0.25, -0.2) is 4.39 Å². The Labute approximate surface area is 80.7 Å². The SMILES string of the molecule is NC(=O)c1ccc(F)cc1CCC=O. The lowest BCUT2D eigenvalue weighted by molar-refractivity contribution is -0.107. The van der Waals surface area contributed by atoms with E-state index in [1.54, 1.807) is 0 Å². The van der Waals surface area contributed by atoms with Gasteiger partial charge in [0.1, 0.15) is 12.1 Å². The second-order valence-electron chi connectivity index (χ2n) is 2.87. The molecule has 2 N–H and O–H groups in total. The Morgan fingerprint density at radius 2 is 2.21 bits per heavy atom. The number of nitrogens with two attached hydrogens (primary N) is 1. The van der Waals surface area contributed by atoms with Gasteiger partial charge >= 0.3 is 0 Å². The Kier molecular flexibility index (Phi) is 3.34. The predicted molar refractivity (Wildman–Crippen MR) is 49.3 cm³/mol. The average Bonchev–Trinajstić information content (AvgIpc) is 2.14. The van der Waals surface area contributed by atoms with Gasteiger partial charge in [-0.05, 0) is 30.2 Å². The molecule has 0 heterocycles. The summed E-state index contributed by atoms with van der Waals surface area (Å²) in [4.78, 5) is 21.0. The first-order valence-electron chi connectivity index (χ1n) is 4.17. The van der Waals surface area contributed by atoms with Crippen LogP contribution in [0.4, 0.5) is 4.39 Å². The number of hydrogen-bond donors (Lipinski definition) is 1. The molecule has 0 atom stereocenters. The number of carbonyl (C=O) groups is 2. The average molecular weight is 195 g/mol. The molecule has 3 nitrogen and oxygen atoms in total. The summed E-state index contributed by atoms with van der Waals surface area (Å²) in [6.45, 7) is 0. The van der Waals surface area contributed by atoms with Gasteiger partial charge in [0, 0.05) is 12.0 Å². The summed E-state index contributed by atoms with van der Waals surface area (Å²) < 4.78 is 12.8. The predicted octanol–water partition coefficient (Wildman–Crippen LogP) is 1.06. The molecular formula is C10H10FNO2. The van der Waals surface area contributed by atoms with E-state index in [9.17, 15) is 14.0 Å². The van der Waals surface area contributed by atoms with E-state index in [0.717, 1.165) is 6.29 Å². The summed E-state index contributed by atoms with van der Waals surface area (Å²) in [5.41, 5.74) is 5.83. The van der Waals surface area contributed by atoms with E-state index in [0.29, 0.717) is 12.0 Å². The van der Waals surface area contributed by atoms with Crippen LogP contribution in [0.3, 0.4) is 0 Å². The van der Waals surface area contributed by atoms with Crippen LogP contribution < -0.4 is 5.73 Å². The van der Waals surface area contributed by atoms with Crippen molar-refractivity contribution in [2.75, 3.05) is 0 Å². The molecule has 4 heteroatoms.